The maximum Gasteiger partial charge on any atom is 0.135 e. The summed E-state index contributed by atoms with van der Waals surface area (Å²) in [5.74, 6) is 1.30. The number of nitrogens with zero attached hydrogens (tertiary/aromatic N) is 1. The molecule has 82 valence electrons. The smallest absolute Gasteiger partial charge is 0.135 e. The molecule has 0 saturated carbocycles. The van der Waals surface area contributed by atoms with E-state index in [4.69, 9.17) is 21.3 Å². The Balaban J connectivity index is 2.56. The monoisotopic (exact) mass is 233 g/mol. The first-order valence-electron chi connectivity index (χ1n) is 5.23. The Labute approximate surface area is 99.4 Å². The summed E-state index contributed by atoms with van der Waals surface area (Å²) < 4.78 is 5.67. The number of hydrogen-bond acceptors (Lipinski definition) is 2. The third kappa shape index (κ3) is 1.91. The van der Waals surface area contributed by atoms with Gasteiger partial charge in [-0.1, -0.05) is 25.4 Å². The Morgan fingerprint density at radius 3 is 2.81 bits per heavy atom. The molecule has 0 aliphatic carbocycles. The number of benzene rings is 1. The number of rotatable bonds is 2. The van der Waals surface area contributed by atoms with Gasteiger partial charge < -0.3 is 4.42 Å². The molecule has 0 atom stereocenters. The Morgan fingerprint density at radius 2 is 2.19 bits per heavy atom. The second-order valence-electron chi connectivity index (χ2n) is 4.26. The molecule has 1 aromatic heterocycles. The van der Waals surface area contributed by atoms with E-state index in [9.17, 15) is 0 Å². The molecule has 16 heavy (non-hydrogen) atoms. The highest BCUT2D eigenvalue weighted by Crippen LogP contribution is 2.32. The van der Waals surface area contributed by atoms with Crippen molar-refractivity contribution in [1.29, 1.82) is 5.26 Å². The summed E-state index contributed by atoms with van der Waals surface area (Å²) in [6.45, 7) is 4.23. The van der Waals surface area contributed by atoms with Gasteiger partial charge in [-0.25, -0.2) is 0 Å². The van der Waals surface area contributed by atoms with Crippen molar-refractivity contribution in [3.63, 3.8) is 0 Å². The van der Waals surface area contributed by atoms with Crippen molar-refractivity contribution in [2.24, 2.45) is 5.92 Å². The molecule has 0 aliphatic rings. The van der Waals surface area contributed by atoms with Crippen molar-refractivity contribution in [1.82, 2.24) is 0 Å². The SMILES string of the molecule is CC(C)Cc1oc2ccc(C#N)cc2c1Cl. The lowest BCUT2D eigenvalue weighted by atomic mass is 10.1. The summed E-state index contributed by atoms with van der Waals surface area (Å²) in [5.41, 5.74) is 1.35. The van der Waals surface area contributed by atoms with Crippen molar-refractivity contribution in [2.75, 3.05) is 0 Å². The summed E-state index contributed by atoms with van der Waals surface area (Å²) in [6.07, 6.45) is 0.815. The number of hydrogen-bond donors (Lipinski definition) is 0. The van der Waals surface area contributed by atoms with Gasteiger partial charge in [-0.15, -0.1) is 0 Å². The fourth-order valence-electron chi connectivity index (χ4n) is 1.69. The van der Waals surface area contributed by atoms with E-state index < -0.39 is 0 Å². The standard InChI is InChI=1S/C13H12ClNO/c1-8(2)5-12-13(14)10-6-9(7-15)3-4-11(10)16-12/h3-4,6,8H,5H2,1-2H3. The van der Waals surface area contributed by atoms with E-state index in [-0.39, 0.29) is 0 Å². The third-order valence-corrected chi connectivity index (χ3v) is 2.83. The molecular weight excluding hydrogens is 222 g/mol. The van der Waals surface area contributed by atoms with Crippen LogP contribution in [-0.2, 0) is 6.42 Å². The summed E-state index contributed by atoms with van der Waals surface area (Å²) in [7, 11) is 0. The summed E-state index contributed by atoms with van der Waals surface area (Å²) in [6, 6.07) is 7.40. The second kappa shape index (κ2) is 4.19. The molecule has 2 aromatic rings. The lowest BCUT2D eigenvalue weighted by Gasteiger charge is -2.00. The van der Waals surface area contributed by atoms with Crippen LogP contribution in [0, 0.1) is 17.2 Å². The van der Waals surface area contributed by atoms with E-state index in [1.807, 2.05) is 0 Å². The minimum absolute atomic E-state index is 0.494. The topological polar surface area (TPSA) is 36.9 Å². The van der Waals surface area contributed by atoms with E-state index in [2.05, 4.69) is 19.9 Å². The zero-order valence-electron chi connectivity index (χ0n) is 9.25. The first-order chi connectivity index (χ1) is 7.61. The minimum Gasteiger partial charge on any atom is -0.459 e. The van der Waals surface area contributed by atoms with Crippen LogP contribution in [0.15, 0.2) is 22.6 Å². The van der Waals surface area contributed by atoms with Gasteiger partial charge in [0, 0.05) is 11.8 Å². The number of nitriles is 1. The molecule has 1 aromatic carbocycles. The third-order valence-electron chi connectivity index (χ3n) is 2.42. The van der Waals surface area contributed by atoms with Crippen LogP contribution in [0.25, 0.3) is 11.0 Å². The zero-order chi connectivity index (χ0) is 11.7. The van der Waals surface area contributed by atoms with Gasteiger partial charge in [0.1, 0.15) is 11.3 Å². The molecule has 0 spiro atoms. The molecule has 1 heterocycles. The molecule has 0 saturated heterocycles. The van der Waals surface area contributed by atoms with Crippen molar-refractivity contribution in [2.45, 2.75) is 20.3 Å². The van der Waals surface area contributed by atoms with Gasteiger partial charge in [0.25, 0.3) is 0 Å². The van der Waals surface area contributed by atoms with Gasteiger partial charge in [-0.3, -0.25) is 0 Å². The Kier molecular flexibility index (Phi) is 2.89. The van der Waals surface area contributed by atoms with E-state index in [1.54, 1.807) is 18.2 Å². The molecule has 2 nitrogen and oxygen atoms in total. The van der Waals surface area contributed by atoms with Crippen molar-refractivity contribution >= 4 is 22.6 Å². The van der Waals surface area contributed by atoms with Gasteiger partial charge in [0.2, 0.25) is 0 Å². The van der Waals surface area contributed by atoms with E-state index in [0.717, 1.165) is 23.2 Å². The minimum atomic E-state index is 0.494. The number of halogens is 1. The van der Waals surface area contributed by atoms with Crippen LogP contribution in [0.1, 0.15) is 25.2 Å². The average molecular weight is 234 g/mol. The molecule has 0 bridgehead atoms. The largest absolute Gasteiger partial charge is 0.459 e. The lowest BCUT2D eigenvalue weighted by molar-refractivity contribution is 0.500. The summed E-state index contributed by atoms with van der Waals surface area (Å²) in [4.78, 5) is 0. The Hall–Kier alpha value is -1.46. The van der Waals surface area contributed by atoms with Crippen LogP contribution in [-0.4, -0.2) is 0 Å². The van der Waals surface area contributed by atoms with Crippen LogP contribution in [0.3, 0.4) is 0 Å². The highest BCUT2D eigenvalue weighted by molar-refractivity contribution is 6.36. The maximum absolute atomic E-state index is 8.82. The van der Waals surface area contributed by atoms with Crippen LogP contribution in [0.5, 0.6) is 0 Å². The van der Waals surface area contributed by atoms with Crippen molar-refractivity contribution < 1.29 is 4.42 Å². The quantitative estimate of drug-likeness (QED) is 0.781. The van der Waals surface area contributed by atoms with Crippen molar-refractivity contribution in [3.8, 4) is 6.07 Å². The summed E-state index contributed by atoms with van der Waals surface area (Å²) in [5, 5.41) is 10.3. The predicted octanol–water partition coefficient (Wildman–Crippen LogP) is 4.16. The molecule has 0 amide bonds. The first kappa shape index (κ1) is 11.0. The molecule has 3 heteroatoms. The van der Waals surface area contributed by atoms with E-state index in [1.165, 1.54) is 0 Å². The van der Waals surface area contributed by atoms with Crippen LogP contribution >= 0.6 is 11.6 Å². The molecule has 0 N–H and O–H groups in total. The van der Waals surface area contributed by atoms with E-state index >= 15 is 0 Å². The highest BCUT2D eigenvalue weighted by Gasteiger charge is 2.13. The molecule has 0 aliphatic heterocycles. The van der Waals surface area contributed by atoms with Crippen LogP contribution in [0.4, 0.5) is 0 Å². The molecule has 0 unspecified atom stereocenters. The Morgan fingerprint density at radius 1 is 1.44 bits per heavy atom. The fraction of sp³-hybridized carbons (Fsp3) is 0.308. The van der Waals surface area contributed by atoms with E-state index in [0.29, 0.717) is 16.5 Å². The summed E-state index contributed by atoms with van der Waals surface area (Å²) >= 11 is 6.23. The zero-order valence-corrected chi connectivity index (χ0v) is 10.0. The van der Waals surface area contributed by atoms with Crippen LogP contribution in [0.2, 0.25) is 5.02 Å². The molecule has 0 radical (unpaired) electrons. The number of fused-ring (bicyclic) bond motifs is 1. The van der Waals surface area contributed by atoms with Gasteiger partial charge in [0.05, 0.1) is 16.7 Å². The normalized spacial score (nSPS) is 10.9. The average Bonchev–Trinajstić information content (AvgIpc) is 2.55. The molecule has 2 rings (SSSR count). The fourth-order valence-corrected chi connectivity index (χ4v) is 1.95. The maximum atomic E-state index is 8.82. The first-order valence-corrected chi connectivity index (χ1v) is 5.60. The number of furan rings is 1. The second-order valence-corrected chi connectivity index (χ2v) is 4.64. The van der Waals surface area contributed by atoms with Crippen LogP contribution < -0.4 is 0 Å². The molecule has 0 fully saturated rings. The van der Waals surface area contributed by atoms with Gasteiger partial charge in [0.15, 0.2) is 0 Å². The van der Waals surface area contributed by atoms with Crippen molar-refractivity contribution in [3.05, 3.63) is 34.5 Å². The van der Waals surface area contributed by atoms with Gasteiger partial charge in [-0.2, -0.15) is 5.26 Å². The lowest BCUT2D eigenvalue weighted by Crippen LogP contribution is -1.91. The predicted molar refractivity (Wildman–Crippen MR) is 64.5 cm³/mol. The van der Waals surface area contributed by atoms with Gasteiger partial charge >= 0.3 is 0 Å². The molecular formula is C13H12ClNO. The van der Waals surface area contributed by atoms with Gasteiger partial charge in [-0.05, 0) is 24.1 Å². The Bertz CT molecular complexity index is 563. The highest BCUT2D eigenvalue weighted by atomic mass is 35.5.